The maximum absolute atomic E-state index is 5.48. The zero-order chi connectivity index (χ0) is 13.5. The van der Waals surface area contributed by atoms with Gasteiger partial charge in [-0.25, -0.2) is 10.8 Å². The van der Waals surface area contributed by atoms with Crippen molar-refractivity contribution in [3.05, 3.63) is 24.3 Å². The van der Waals surface area contributed by atoms with Crippen LogP contribution >= 0.6 is 0 Å². The minimum absolute atomic E-state index is 0.469. The molecule has 5 heteroatoms. The highest BCUT2D eigenvalue weighted by Gasteiger charge is 2.41. The van der Waals surface area contributed by atoms with Crippen LogP contribution in [0.5, 0.6) is 0 Å². The molecule has 2 fully saturated rings. The molecule has 0 bridgehead atoms. The van der Waals surface area contributed by atoms with E-state index in [0.717, 1.165) is 28.6 Å². The van der Waals surface area contributed by atoms with E-state index < -0.39 is 0 Å². The number of hydrazine groups is 1. The maximum Gasteiger partial charge on any atom is 0.239 e. The highest BCUT2D eigenvalue weighted by molar-refractivity contribution is 5.90. The van der Waals surface area contributed by atoms with E-state index in [2.05, 4.69) is 26.8 Å². The summed E-state index contributed by atoms with van der Waals surface area (Å²) in [5.74, 6) is 8.51. The monoisotopic (exact) mass is 269 g/mol. The first-order valence-corrected chi connectivity index (χ1v) is 7.35. The van der Waals surface area contributed by atoms with E-state index in [9.17, 15) is 0 Å². The number of benzene rings is 1. The third kappa shape index (κ3) is 2.18. The molecule has 0 unspecified atom stereocenters. The molecule has 104 valence electrons. The van der Waals surface area contributed by atoms with Gasteiger partial charge in [-0.15, -0.1) is 0 Å². The normalized spacial score (nSPS) is 18.5. The summed E-state index contributed by atoms with van der Waals surface area (Å²) in [5.41, 5.74) is 3.48. The molecular weight excluding hydrogens is 250 g/mol. The Hall–Kier alpha value is -1.88. The lowest BCUT2D eigenvalue weighted by Gasteiger charge is -2.19. The zero-order valence-electron chi connectivity index (χ0n) is 11.3. The van der Waals surface area contributed by atoms with Crippen molar-refractivity contribution in [3.63, 3.8) is 0 Å². The van der Waals surface area contributed by atoms with Gasteiger partial charge in [0.1, 0.15) is 5.82 Å². The minimum Gasteiger partial charge on any atom is -0.366 e. The molecule has 0 saturated heterocycles. The Labute approximate surface area is 118 Å². The van der Waals surface area contributed by atoms with Gasteiger partial charge in [-0.2, -0.15) is 4.98 Å². The maximum atomic E-state index is 5.48. The van der Waals surface area contributed by atoms with Gasteiger partial charge in [-0.05, 0) is 49.7 Å². The Kier molecular flexibility index (Phi) is 2.73. The lowest BCUT2D eigenvalue weighted by molar-refractivity contribution is 0.566. The predicted octanol–water partition coefficient (Wildman–Crippen LogP) is 2.52. The fraction of sp³-hybridized carbons (Fsp3) is 0.467. The van der Waals surface area contributed by atoms with E-state index in [1.54, 1.807) is 0 Å². The van der Waals surface area contributed by atoms with Gasteiger partial charge in [0.15, 0.2) is 0 Å². The molecule has 0 amide bonds. The Bertz CT molecular complexity index is 621. The molecule has 2 aliphatic rings. The van der Waals surface area contributed by atoms with Crippen LogP contribution in [-0.4, -0.2) is 16.0 Å². The molecule has 1 aromatic carbocycles. The number of nitrogens with two attached hydrogens (primary N) is 1. The van der Waals surface area contributed by atoms with Crippen LogP contribution in [0.25, 0.3) is 10.9 Å². The average molecular weight is 269 g/mol. The lowest BCUT2D eigenvalue weighted by Crippen LogP contribution is -2.25. The summed E-state index contributed by atoms with van der Waals surface area (Å²) in [6, 6.07) is 8.63. The zero-order valence-corrected chi connectivity index (χ0v) is 11.3. The van der Waals surface area contributed by atoms with Crippen LogP contribution in [0.4, 0.5) is 11.8 Å². The molecule has 2 saturated carbocycles. The van der Waals surface area contributed by atoms with Crippen LogP contribution < -0.4 is 16.6 Å². The summed E-state index contributed by atoms with van der Waals surface area (Å²) in [4.78, 5) is 8.92. The number of hydrogen-bond donors (Lipinski definition) is 3. The highest BCUT2D eigenvalue weighted by Crippen LogP contribution is 2.46. The summed E-state index contributed by atoms with van der Waals surface area (Å²) in [7, 11) is 0. The fourth-order valence-electron chi connectivity index (χ4n) is 2.94. The van der Waals surface area contributed by atoms with Gasteiger partial charge in [0, 0.05) is 11.4 Å². The van der Waals surface area contributed by atoms with Crippen LogP contribution in [0.1, 0.15) is 25.7 Å². The van der Waals surface area contributed by atoms with E-state index in [4.69, 9.17) is 5.84 Å². The van der Waals surface area contributed by atoms with Crippen molar-refractivity contribution in [2.75, 3.05) is 10.7 Å². The van der Waals surface area contributed by atoms with Gasteiger partial charge < -0.3 is 5.32 Å². The molecule has 2 aromatic rings. The van der Waals surface area contributed by atoms with Crippen molar-refractivity contribution in [3.8, 4) is 0 Å². The van der Waals surface area contributed by atoms with Gasteiger partial charge >= 0.3 is 0 Å². The van der Waals surface area contributed by atoms with E-state index >= 15 is 0 Å². The smallest absolute Gasteiger partial charge is 0.239 e. The van der Waals surface area contributed by atoms with Crippen molar-refractivity contribution in [1.82, 2.24) is 9.97 Å². The first-order valence-electron chi connectivity index (χ1n) is 7.35. The topological polar surface area (TPSA) is 75.9 Å². The standard InChI is InChI=1S/C15H19N5/c16-20-15-17-12-4-2-1-3-11(12)14(19-15)18-13(9-5-6-9)10-7-8-10/h1-4,9-10,13H,5-8,16H2,(H2,17,18,19,20). The van der Waals surface area contributed by atoms with Gasteiger partial charge in [0.25, 0.3) is 0 Å². The van der Waals surface area contributed by atoms with Gasteiger partial charge in [0.05, 0.1) is 5.52 Å². The number of nitrogens with zero attached hydrogens (tertiary/aromatic N) is 2. The van der Waals surface area contributed by atoms with E-state index in [1.165, 1.54) is 25.7 Å². The second-order valence-corrected chi connectivity index (χ2v) is 5.90. The van der Waals surface area contributed by atoms with Gasteiger partial charge in [0.2, 0.25) is 5.95 Å². The van der Waals surface area contributed by atoms with Crippen molar-refractivity contribution < 1.29 is 0 Å². The Balaban J connectivity index is 1.73. The number of nitrogen functional groups attached to an aromatic ring is 1. The number of anilines is 2. The molecule has 1 aromatic heterocycles. The molecule has 0 aliphatic heterocycles. The summed E-state index contributed by atoms with van der Waals surface area (Å²) in [5, 5.41) is 4.74. The Morgan fingerprint density at radius 1 is 1.05 bits per heavy atom. The predicted molar refractivity (Wildman–Crippen MR) is 80.2 cm³/mol. The van der Waals surface area contributed by atoms with Crippen molar-refractivity contribution in [2.45, 2.75) is 31.7 Å². The quantitative estimate of drug-likeness (QED) is 0.574. The highest BCUT2D eigenvalue weighted by atomic mass is 15.3. The van der Waals surface area contributed by atoms with Crippen LogP contribution in [0, 0.1) is 11.8 Å². The molecule has 4 rings (SSSR count). The molecule has 2 aliphatic carbocycles. The van der Waals surface area contributed by atoms with Crippen LogP contribution in [0.3, 0.4) is 0 Å². The largest absolute Gasteiger partial charge is 0.366 e. The molecule has 1 heterocycles. The Morgan fingerprint density at radius 2 is 1.75 bits per heavy atom. The first kappa shape index (κ1) is 11.9. The first-order chi connectivity index (χ1) is 9.85. The number of para-hydroxylation sites is 1. The second kappa shape index (κ2) is 4.59. The fourth-order valence-corrected chi connectivity index (χ4v) is 2.94. The molecule has 4 N–H and O–H groups in total. The van der Waals surface area contributed by atoms with E-state index in [-0.39, 0.29) is 0 Å². The van der Waals surface area contributed by atoms with Crippen LogP contribution in [0.15, 0.2) is 24.3 Å². The van der Waals surface area contributed by atoms with E-state index in [0.29, 0.717) is 12.0 Å². The summed E-state index contributed by atoms with van der Waals surface area (Å²) >= 11 is 0. The third-order valence-electron chi connectivity index (χ3n) is 4.30. The minimum atomic E-state index is 0.469. The summed E-state index contributed by atoms with van der Waals surface area (Å²) in [6.45, 7) is 0. The van der Waals surface area contributed by atoms with Crippen molar-refractivity contribution in [1.29, 1.82) is 0 Å². The van der Waals surface area contributed by atoms with Crippen LogP contribution in [0.2, 0.25) is 0 Å². The van der Waals surface area contributed by atoms with Gasteiger partial charge in [-0.1, -0.05) is 12.1 Å². The lowest BCUT2D eigenvalue weighted by atomic mass is 10.1. The molecular formula is C15H19N5. The Morgan fingerprint density at radius 3 is 2.40 bits per heavy atom. The number of rotatable bonds is 5. The average Bonchev–Trinajstić information content (AvgIpc) is 3.37. The number of aromatic nitrogens is 2. The summed E-state index contributed by atoms with van der Waals surface area (Å²) in [6.07, 6.45) is 5.39. The SMILES string of the molecule is NNc1nc(NC(C2CC2)C2CC2)c2ccccc2n1. The number of nitrogens with one attached hydrogen (secondary N) is 2. The number of hydrogen-bond acceptors (Lipinski definition) is 5. The second-order valence-electron chi connectivity index (χ2n) is 5.90. The third-order valence-corrected chi connectivity index (χ3v) is 4.30. The number of fused-ring (bicyclic) bond motifs is 1. The van der Waals surface area contributed by atoms with E-state index in [1.807, 2.05) is 18.2 Å². The molecule has 0 radical (unpaired) electrons. The molecule has 5 nitrogen and oxygen atoms in total. The molecule has 0 spiro atoms. The van der Waals surface area contributed by atoms with Crippen LogP contribution in [-0.2, 0) is 0 Å². The van der Waals surface area contributed by atoms with Crippen molar-refractivity contribution >= 4 is 22.7 Å². The molecule has 0 atom stereocenters. The van der Waals surface area contributed by atoms with Crippen molar-refractivity contribution in [2.24, 2.45) is 17.7 Å². The molecule has 20 heavy (non-hydrogen) atoms. The van der Waals surface area contributed by atoms with Gasteiger partial charge in [-0.3, -0.25) is 5.43 Å². The summed E-state index contributed by atoms with van der Waals surface area (Å²) < 4.78 is 0.